The standard InChI is InChI=1S/C21H19N3OS/c1-13-4-7-16(8-5-13)21-23-19(25-24-21)11-20-22-18(12-26-20)17-9-6-14(2)15(3)10-17/h4-10,12H,11H2,1-3H3. The van der Waals surface area contributed by atoms with Crippen molar-refractivity contribution in [1.29, 1.82) is 0 Å². The van der Waals surface area contributed by atoms with Gasteiger partial charge in [-0.1, -0.05) is 47.1 Å². The van der Waals surface area contributed by atoms with E-state index in [1.165, 1.54) is 16.7 Å². The Hall–Kier alpha value is -2.79. The quantitative estimate of drug-likeness (QED) is 0.490. The molecule has 0 amide bonds. The maximum absolute atomic E-state index is 5.41. The van der Waals surface area contributed by atoms with Crippen molar-refractivity contribution in [2.24, 2.45) is 0 Å². The average molecular weight is 361 g/mol. The zero-order chi connectivity index (χ0) is 18.1. The lowest BCUT2D eigenvalue weighted by molar-refractivity contribution is 0.385. The van der Waals surface area contributed by atoms with E-state index in [0.717, 1.165) is 21.8 Å². The molecule has 0 saturated carbocycles. The van der Waals surface area contributed by atoms with Crippen molar-refractivity contribution in [3.05, 3.63) is 75.4 Å². The molecule has 0 N–H and O–H groups in total. The summed E-state index contributed by atoms with van der Waals surface area (Å²) in [5.41, 5.74) is 6.86. The summed E-state index contributed by atoms with van der Waals surface area (Å²) in [5, 5.41) is 7.14. The highest BCUT2D eigenvalue weighted by Gasteiger charge is 2.12. The lowest BCUT2D eigenvalue weighted by atomic mass is 10.1. The van der Waals surface area contributed by atoms with E-state index in [4.69, 9.17) is 9.51 Å². The Morgan fingerprint density at radius 1 is 0.885 bits per heavy atom. The first-order valence-corrected chi connectivity index (χ1v) is 9.38. The van der Waals surface area contributed by atoms with Crippen molar-refractivity contribution in [3.8, 4) is 22.6 Å². The van der Waals surface area contributed by atoms with Crippen molar-refractivity contribution in [3.63, 3.8) is 0 Å². The van der Waals surface area contributed by atoms with Gasteiger partial charge < -0.3 is 4.52 Å². The molecule has 130 valence electrons. The van der Waals surface area contributed by atoms with E-state index in [1.807, 2.05) is 24.3 Å². The first kappa shape index (κ1) is 16.7. The normalized spacial score (nSPS) is 11.0. The van der Waals surface area contributed by atoms with Gasteiger partial charge in [0.2, 0.25) is 11.7 Å². The topological polar surface area (TPSA) is 51.8 Å². The van der Waals surface area contributed by atoms with Crippen LogP contribution in [0.5, 0.6) is 0 Å². The third-order valence-electron chi connectivity index (χ3n) is 4.43. The minimum Gasteiger partial charge on any atom is -0.339 e. The Labute approximate surface area is 156 Å². The molecule has 5 heteroatoms. The average Bonchev–Trinajstić information content (AvgIpc) is 3.28. The molecular weight excluding hydrogens is 342 g/mol. The van der Waals surface area contributed by atoms with Crippen molar-refractivity contribution >= 4 is 11.3 Å². The van der Waals surface area contributed by atoms with Crippen LogP contribution in [0.2, 0.25) is 0 Å². The molecule has 2 heterocycles. The fourth-order valence-corrected chi connectivity index (χ4v) is 3.50. The molecule has 4 rings (SSSR count). The van der Waals surface area contributed by atoms with E-state index in [2.05, 4.69) is 54.5 Å². The van der Waals surface area contributed by atoms with Gasteiger partial charge in [0.05, 0.1) is 12.1 Å². The third kappa shape index (κ3) is 3.44. The van der Waals surface area contributed by atoms with Gasteiger partial charge in [0.15, 0.2) is 0 Å². The second-order valence-electron chi connectivity index (χ2n) is 6.48. The van der Waals surface area contributed by atoms with E-state index < -0.39 is 0 Å². The molecule has 26 heavy (non-hydrogen) atoms. The Balaban J connectivity index is 1.52. The molecular formula is C21H19N3OS. The third-order valence-corrected chi connectivity index (χ3v) is 5.28. The zero-order valence-electron chi connectivity index (χ0n) is 15.0. The van der Waals surface area contributed by atoms with Crippen LogP contribution < -0.4 is 0 Å². The summed E-state index contributed by atoms with van der Waals surface area (Å²) in [6.45, 7) is 6.30. The predicted octanol–water partition coefficient (Wildman–Crippen LogP) is 5.38. The lowest BCUT2D eigenvalue weighted by Gasteiger charge is -2.02. The summed E-state index contributed by atoms with van der Waals surface area (Å²) >= 11 is 1.62. The number of rotatable bonds is 4. The first-order chi connectivity index (χ1) is 12.6. The van der Waals surface area contributed by atoms with E-state index in [0.29, 0.717) is 18.1 Å². The molecule has 0 fully saturated rings. The lowest BCUT2D eigenvalue weighted by Crippen LogP contribution is -1.89. The van der Waals surface area contributed by atoms with Crippen LogP contribution in [0, 0.1) is 20.8 Å². The summed E-state index contributed by atoms with van der Waals surface area (Å²) in [4.78, 5) is 9.23. The smallest absolute Gasteiger partial charge is 0.233 e. The van der Waals surface area contributed by atoms with Gasteiger partial charge in [-0.3, -0.25) is 0 Å². The highest BCUT2D eigenvalue weighted by atomic mass is 32.1. The van der Waals surface area contributed by atoms with Crippen molar-refractivity contribution in [2.45, 2.75) is 27.2 Å². The molecule has 4 nitrogen and oxygen atoms in total. The molecule has 2 aromatic carbocycles. The first-order valence-electron chi connectivity index (χ1n) is 8.50. The van der Waals surface area contributed by atoms with Crippen molar-refractivity contribution in [1.82, 2.24) is 15.1 Å². The van der Waals surface area contributed by atoms with Gasteiger partial charge >= 0.3 is 0 Å². The molecule has 0 aliphatic carbocycles. The molecule has 0 bridgehead atoms. The van der Waals surface area contributed by atoms with Gasteiger partial charge in [0.25, 0.3) is 0 Å². The van der Waals surface area contributed by atoms with Crippen LogP contribution >= 0.6 is 11.3 Å². The maximum atomic E-state index is 5.41. The highest BCUT2D eigenvalue weighted by molar-refractivity contribution is 7.10. The van der Waals surface area contributed by atoms with Crippen LogP contribution in [0.3, 0.4) is 0 Å². The van der Waals surface area contributed by atoms with Crippen molar-refractivity contribution < 1.29 is 4.52 Å². The van der Waals surface area contributed by atoms with Crippen LogP contribution in [0.15, 0.2) is 52.4 Å². The van der Waals surface area contributed by atoms with Crippen LogP contribution in [0.25, 0.3) is 22.6 Å². The molecule has 0 radical (unpaired) electrons. The van der Waals surface area contributed by atoms with Gasteiger partial charge in [-0.15, -0.1) is 11.3 Å². The number of benzene rings is 2. The number of aromatic nitrogens is 3. The van der Waals surface area contributed by atoms with E-state index in [1.54, 1.807) is 11.3 Å². The fraction of sp³-hybridized carbons (Fsp3) is 0.190. The molecule has 0 spiro atoms. The van der Waals surface area contributed by atoms with Crippen LogP contribution in [-0.4, -0.2) is 15.1 Å². The van der Waals surface area contributed by atoms with Gasteiger partial charge in [-0.05, 0) is 38.0 Å². The number of aryl methyl sites for hydroxylation is 3. The Morgan fingerprint density at radius 3 is 2.42 bits per heavy atom. The molecule has 0 aliphatic heterocycles. The van der Waals surface area contributed by atoms with Gasteiger partial charge in [-0.25, -0.2) is 4.98 Å². The summed E-state index contributed by atoms with van der Waals surface area (Å²) < 4.78 is 5.41. The number of hydrogen-bond donors (Lipinski definition) is 0. The summed E-state index contributed by atoms with van der Waals surface area (Å²) in [6.07, 6.45) is 0.550. The monoisotopic (exact) mass is 361 g/mol. The molecule has 0 atom stereocenters. The van der Waals surface area contributed by atoms with Crippen LogP contribution in [-0.2, 0) is 6.42 Å². The van der Waals surface area contributed by atoms with Gasteiger partial charge in [-0.2, -0.15) is 4.98 Å². The summed E-state index contributed by atoms with van der Waals surface area (Å²) in [7, 11) is 0. The van der Waals surface area contributed by atoms with E-state index in [-0.39, 0.29) is 0 Å². The molecule has 0 unspecified atom stereocenters. The number of thiazole rings is 1. The molecule has 2 aromatic heterocycles. The SMILES string of the molecule is Cc1ccc(-c2noc(Cc3nc(-c4ccc(C)c(C)c4)cs3)n2)cc1. The number of nitrogens with zero attached hydrogens (tertiary/aromatic N) is 3. The van der Waals surface area contributed by atoms with Crippen molar-refractivity contribution in [2.75, 3.05) is 0 Å². The summed E-state index contributed by atoms with van der Waals surface area (Å²) in [5.74, 6) is 1.20. The Kier molecular flexibility index (Phi) is 4.39. The second kappa shape index (κ2) is 6.84. The Bertz CT molecular complexity index is 1050. The van der Waals surface area contributed by atoms with E-state index in [9.17, 15) is 0 Å². The predicted molar refractivity (Wildman–Crippen MR) is 104 cm³/mol. The second-order valence-corrected chi connectivity index (χ2v) is 7.42. The molecule has 0 aliphatic rings. The summed E-state index contributed by atoms with van der Waals surface area (Å²) in [6, 6.07) is 14.5. The van der Waals surface area contributed by atoms with Gasteiger partial charge in [0.1, 0.15) is 5.01 Å². The largest absolute Gasteiger partial charge is 0.339 e. The van der Waals surface area contributed by atoms with Crippen LogP contribution in [0.1, 0.15) is 27.6 Å². The Morgan fingerprint density at radius 2 is 1.65 bits per heavy atom. The van der Waals surface area contributed by atoms with Crippen LogP contribution in [0.4, 0.5) is 0 Å². The fourth-order valence-electron chi connectivity index (χ4n) is 2.70. The zero-order valence-corrected chi connectivity index (χ0v) is 15.8. The van der Waals surface area contributed by atoms with E-state index >= 15 is 0 Å². The highest BCUT2D eigenvalue weighted by Crippen LogP contribution is 2.25. The van der Waals surface area contributed by atoms with Gasteiger partial charge in [0, 0.05) is 16.5 Å². The molecule has 0 saturated heterocycles. The molecule has 4 aromatic rings. The maximum Gasteiger partial charge on any atom is 0.233 e. The minimum atomic E-state index is 0.550. The minimum absolute atomic E-state index is 0.550. The number of hydrogen-bond acceptors (Lipinski definition) is 5.